The van der Waals surface area contributed by atoms with Gasteiger partial charge in [0, 0.05) is 19.1 Å². The van der Waals surface area contributed by atoms with E-state index in [0.29, 0.717) is 24.5 Å². The van der Waals surface area contributed by atoms with Gasteiger partial charge in [-0.1, -0.05) is 19.3 Å². The number of carbonyl (C=O) groups is 2. The van der Waals surface area contributed by atoms with Crippen molar-refractivity contribution in [3.8, 4) is 11.5 Å². The second-order valence-corrected chi connectivity index (χ2v) is 9.76. The highest BCUT2D eigenvalue weighted by atomic mass is 16.3. The lowest BCUT2D eigenvalue weighted by molar-refractivity contribution is -0.134. The van der Waals surface area contributed by atoms with Crippen molar-refractivity contribution in [3.05, 3.63) is 36.2 Å². The van der Waals surface area contributed by atoms with Crippen LogP contribution in [0.15, 0.2) is 34.9 Å². The molecular formula is C25H34N4O3. The number of nitrogens with one attached hydrogen (secondary N) is 1. The highest BCUT2D eigenvalue weighted by molar-refractivity contribution is 6.00. The Kier molecular flexibility index (Phi) is 5.84. The summed E-state index contributed by atoms with van der Waals surface area (Å²) in [6, 6.07) is 7.74. The lowest BCUT2D eigenvalue weighted by Crippen LogP contribution is -2.65. The van der Waals surface area contributed by atoms with Crippen LogP contribution in [-0.2, 0) is 11.3 Å². The lowest BCUT2D eigenvalue weighted by Gasteiger charge is -2.45. The molecule has 0 aromatic carbocycles. The zero-order valence-electron chi connectivity index (χ0n) is 19.0. The largest absolute Gasteiger partial charge is 0.463 e. The van der Waals surface area contributed by atoms with E-state index in [9.17, 15) is 9.59 Å². The normalized spacial score (nSPS) is 24.7. The summed E-state index contributed by atoms with van der Waals surface area (Å²) in [5.74, 6) is 0.600. The summed E-state index contributed by atoms with van der Waals surface area (Å²) in [6.45, 7) is 5.88. The average molecular weight is 439 g/mol. The van der Waals surface area contributed by atoms with Gasteiger partial charge in [-0.2, -0.15) is 0 Å². The third-order valence-electron chi connectivity index (χ3n) is 7.55. The standard InChI is InChI=1S/C25H34N4O3/c1-25(24(31)26-19-8-3-2-4-9-19)18-28-20(22-10-7-17-32-22)11-12-21(28)23(30)29(25)16-15-27-13-5-6-14-27/h7,10-12,17,19H,2-6,8-9,13-16,18H2,1H3,(H,26,31)/t25-/m0/s1. The van der Waals surface area contributed by atoms with Crippen molar-refractivity contribution in [2.24, 2.45) is 0 Å². The van der Waals surface area contributed by atoms with Gasteiger partial charge in [0.25, 0.3) is 5.91 Å². The maximum atomic E-state index is 13.7. The van der Waals surface area contributed by atoms with Gasteiger partial charge in [-0.3, -0.25) is 9.59 Å². The van der Waals surface area contributed by atoms with Gasteiger partial charge < -0.3 is 24.1 Å². The van der Waals surface area contributed by atoms with Gasteiger partial charge in [-0.05, 0) is 70.0 Å². The molecule has 7 nitrogen and oxygen atoms in total. The van der Waals surface area contributed by atoms with Crippen LogP contribution >= 0.6 is 0 Å². The topological polar surface area (TPSA) is 70.7 Å². The molecule has 172 valence electrons. The monoisotopic (exact) mass is 438 g/mol. The smallest absolute Gasteiger partial charge is 0.271 e. The Morgan fingerprint density at radius 2 is 1.81 bits per heavy atom. The molecule has 2 aromatic heterocycles. The van der Waals surface area contributed by atoms with Crippen LogP contribution in [0.1, 0.15) is 62.4 Å². The molecule has 1 N–H and O–H groups in total. The number of hydrogen-bond donors (Lipinski definition) is 1. The quantitative estimate of drug-likeness (QED) is 0.749. The fraction of sp³-hybridized carbons (Fsp3) is 0.600. The first-order valence-corrected chi connectivity index (χ1v) is 12.1. The van der Waals surface area contributed by atoms with Crippen molar-refractivity contribution >= 4 is 11.8 Å². The van der Waals surface area contributed by atoms with Gasteiger partial charge in [0.2, 0.25) is 5.91 Å². The molecule has 0 radical (unpaired) electrons. The summed E-state index contributed by atoms with van der Waals surface area (Å²) in [7, 11) is 0. The highest BCUT2D eigenvalue weighted by Crippen LogP contribution is 2.33. The van der Waals surface area contributed by atoms with Crippen LogP contribution in [0, 0.1) is 0 Å². The van der Waals surface area contributed by atoms with E-state index >= 15 is 0 Å². The molecule has 32 heavy (non-hydrogen) atoms. The van der Waals surface area contributed by atoms with Crippen molar-refractivity contribution in [3.63, 3.8) is 0 Å². The van der Waals surface area contributed by atoms with E-state index in [1.54, 1.807) is 6.26 Å². The maximum absolute atomic E-state index is 13.7. The Morgan fingerprint density at radius 1 is 1.06 bits per heavy atom. The Labute approximate surface area is 189 Å². The fourth-order valence-electron chi connectivity index (χ4n) is 5.60. The van der Waals surface area contributed by atoms with Gasteiger partial charge in [0.15, 0.2) is 0 Å². The van der Waals surface area contributed by atoms with E-state index in [0.717, 1.165) is 51.0 Å². The summed E-state index contributed by atoms with van der Waals surface area (Å²) >= 11 is 0. The summed E-state index contributed by atoms with van der Waals surface area (Å²) in [5.41, 5.74) is 0.525. The number of carbonyl (C=O) groups excluding carboxylic acids is 2. The van der Waals surface area contributed by atoms with E-state index in [1.807, 2.05) is 40.7 Å². The maximum Gasteiger partial charge on any atom is 0.271 e. The number of aromatic nitrogens is 1. The summed E-state index contributed by atoms with van der Waals surface area (Å²) < 4.78 is 7.58. The second-order valence-electron chi connectivity index (χ2n) is 9.76. The Balaban J connectivity index is 1.45. The van der Waals surface area contributed by atoms with Crippen molar-refractivity contribution in [2.75, 3.05) is 26.2 Å². The highest BCUT2D eigenvalue weighted by Gasteiger charge is 2.48. The van der Waals surface area contributed by atoms with E-state index in [2.05, 4.69) is 10.2 Å². The number of rotatable bonds is 6. The molecule has 2 amide bonds. The van der Waals surface area contributed by atoms with Crippen LogP contribution in [0.25, 0.3) is 11.5 Å². The molecule has 0 unspecified atom stereocenters. The number of amides is 2. The third kappa shape index (κ3) is 3.87. The van der Waals surface area contributed by atoms with Crippen LogP contribution < -0.4 is 5.32 Å². The molecule has 0 bridgehead atoms. The van der Waals surface area contributed by atoms with Crippen LogP contribution in [0.4, 0.5) is 0 Å². The Morgan fingerprint density at radius 3 is 2.53 bits per heavy atom. The summed E-state index contributed by atoms with van der Waals surface area (Å²) in [5, 5.41) is 3.30. The molecule has 1 saturated heterocycles. The molecule has 7 heteroatoms. The first-order chi connectivity index (χ1) is 15.6. The molecule has 5 rings (SSSR count). The third-order valence-corrected chi connectivity index (χ3v) is 7.55. The van der Waals surface area contributed by atoms with Crippen LogP contribution in [0.2, 0.25) is 0 Å². The van der Waals surface area contributed by atoms with Gasteiger partial charge in [-0.15, -0.1) is 0 Å². The Bertz CT molecular complexity index is 954. The minimum Gasteiger partial charge on any atom is -0.463 e. The summed E-state index contributed by atoms with van der Waals surface area (Å²) in [6.07, 6.45) is 9.66. The summed E-state index contributed by atoms with van der Waals surface area (Å²) in [4.78, 5) is 31.6. The van der Waals surface area contributed by atoms with Crippen molar-refractivity contribution in [1.29, 1.82) is 0 Å². The SMILES string of the molecule is C[C@@]1(C(=O)NC2CCCCC2)Cn2c(ccc2-c2ccco2)C(=O)N1CCN1CCCC1. The van der Waals surface area contributed by atoms with Crippen molar-refractivity contribution < 1.29 is 14.0 Å². The molecule has 1 aliphatic carbocycles. The first-order valence-electron chi connectivity index (χ1n) is 12.1. The number of likely N-dealkylation sites (tertiary alicyclic amines) is 1. The van der Waals surface area contributed by atoms with E-state index in [1.165, 1.54) is 19.3 Å². The van der Waals surface area contributed by atoms with E-state index in [-0.39, 0.29) is 17.9 Å². The van der Waals surface area contributed by atoms with Crippen LogP contribution in [0.3, 0.4) is 0 Å². The van der Waals surface area contributed by atoms with Gasteiger partial charge >= 0.3 is 0 Å². The van der Waals surface area contributed by atoms with Gasteiger partial charge in [-0.25, -0.2) is 0 Å². The molecule has 3 aliphatic rings. The first kappa shape index (κ1) is 21.3. The molecule has 4 heterocycles. The Hall–Kier alpha value is -2.54. The van der Waals surface area contributed by atoms with E-state index < -0.39 is 5.54 Å². The van der Waals surface area contributed by atoms with E-state index in [4.69, 9.17) is 4.42 Å². The molecule has 2 aliphatic heterocycles. The fourth-order valence-corrected chi connectivity index (χ4v) is 5.60. The van der Waals surface area contributed by atoms with Crippen molar-refractivity contribution in [1.82, 2.24) is 19.7 Å². The second kappa shape index (κ2) is 8.77. The van der Waals surface area contributed by atoms with Crippen LogP contribution in [-0.4, -0.2) is 63.9 Å². The van der Waals surface area contributed by atoms with Gasteiger partial charge in [0.1, 0.15) is 17.0 Å². The average Bonchev–Trinajstić information content (AvgIpc) is 3.56. The molecular weight excluding hydrogens is 404 g/mol. The minimum absolute atomic E-state index is 0.0380. The predicted molar refractivity (Wildman–Crippen MR) is 122 cm³/mol. The lowest BCUT2D eigenvalue weighted by atomic mass is 9.91. The minimum atomic E-state index is -0.943. The number of furan rings is 1. The molecule has 2 fully saturated rings. The number of fused-ring (bicyclic) bond motifs is 1. The molecule has 0 spiro atoms. The molecule has 1 saturated carbocycles. The molecule has 2 aromatic rings. The number of hydrogen-bond acceptors (Lipinski definition) is 4. The van der Waals surface area contributed by atoms with Crippen LogP contribution in [0.5, 0.6) is 0 Å². The number of nitrogens with zero attached hydrogens (tertiary/aromatic N) is 3. The van der Waals surface area contributed by atoms with Crippen molar-refractivity contribution in [2.45, 2.75) is 70.0 Å². The zero-order valence-corrected chi connectivity index (χ0v) is 19.0. The van der Waals surface area contributed by atoms with Gasteiger partial charge in [0.05, 0.1) is 18.5 Å². The molecule has 1 atom stereocenters. The zero-order chi connectivity index (χ0) is 22.1. The predicted octanol–water partition coefficient (Wildman–Crippen LogP) is 3.51.